The lowest BCUT2D eigenvalue weighted by atomic mass is 10.1. The third kappa shape index (κ3) is 3.77. The third-order valence-corrected chi connectivity index (χ3v) is 5.24. The quantitative estimate of drug-likeness (QED) is 0.638. The summed E-state index contributed by atoms with van der Waals surface area (Å²) in [6, 6.07) is 3.99. The van der Waals surface area contributed by atoms with Gasteiger partial charge in [0.15, 0.2) is 5.65 Å². The molecule has 0 N–H and O–H groups in total. The lowest BCUT2D eigenvalue weighted by molar-refractivity contribution is 0.0745. The number of halogens is 2. The molecule has 7 nitrogen and oxygen atoms in total. The molecule has 1 aliphatic heterocycles. The van der Waals surface area contributed by atoms with Crippen LogP contribution in [0.3, 0.4) is 0 Å². The van der Waals surface area contributed by atoms with E-state index in [2.05, 4.69) is 10.1 Å². The molecule has 0 fully saturated rings. The maximum Gasteiger partial charge on any atom is 0.258 e. The molecule has 1 aromatic carbocycles. The van der Waals surface area contributed by atoms with Crippen LogP contribution in [0.25, 0.3) is 5.65 Å². The summed E-state index contributed by atoms with van der Waals surface area (Å²) in [4.78, 5) is 21.3. The number of nitrogens with zero attached hydrogens (tertiary/aromatic N) is 5. The fourth-order valence-corrected chi connectivity index (χ4v) is 3.42. The monoisotopic (exact) mass is 417 g/mol. The van der Waals surface area contributed by atoms with Crippen LogP contribution in [0.2, 0.25) is 5.02 Å². The Morgan fingerprint density at radius 3 is 2.90 bits per heavy atom. The van der Waals surface area contributed by atoms with Gasteiger partial charge in [0.1, 0.15) is 18.2 Å². The molecule has 0 unspecified atom stereocenters. The number of carbonyl (C=O) groups is 1. The Hall–Kier alpha value is -2.71. The Kier molecular flexibility index (Phi) is 5.14. The predicted octanol–water partition coefficient (Wildman–Crippen LogP) is 2.93. The summed E-state index contributed by atoms with van der Waals surface area (Å²) in [6.45, 7) is 3.57. The van der Waals surface area contributed by atoms with Crippen molar-refractivity contribution in [3.63, 3.8) is 0 Å². The summed E-state index contributed by atoms with van der Waals surface area (Å²) in [5, 5.41) is 5.05. The summed E-state index contributed by atoms with van der Waals surface area (Å²) in [5.41, 5.74) is 3.42. The number of amides is 1. The zero-order chi connectivity index (χ0) is 20.7. The molecule has 3 heterocycles. The van der Waals surface area contributed by atoms with E-state index >= 15 is 0 Å². The number of likely N-dealkylation sites (N-methyl/N-ethyl adjacent to an activating group) is 1. The summed E-state index contributed by atoms with van der Waals surface area (Å²) in [5.74, 6) is -0.427. The minimum Gasteiger partial charge on any atom is -0.491 e. The van der Waals surface area contributed by atoms with Gasteiger partial charge < -0.3 is 14.5 Å². The van der Waals surface area contributed by atoms with Gasteiger partial charge in [-0.1, -0.05) is 11.6 Å². The van der Waals surface area contributed by atoms with E-state index in [0.29, 0.717) is 48.2 Å². The molecule has 0 saturated carbocycles. The number of rotatable bonds is 5. The Morgan fingerprint density at radius 1 is 1.34 bits per heavy atom. The molecule has 2 aromatic heterocycles. The zero-order valence-corrected chi connectivity index (χ0v) is 17.2. The zero-order valence-electron chi connectivity index (χ0n) is 16.4. The van der Waals surface area contributed by atoms with Gasteiger partial charge in [0, 0.05) is 18.2 Å². The van der Waals surface area contributed by atoms with Crippen molar-refractivity contribution < 1.29 is 13.9 Å². The third-order valence-electron chi connectivity index (χ3n) is 4.87. The first-order valence-corrected chi connectivity index (χ1v) is 9.61. The Bertz CT molecular complexity index is 1100. The summed E-state index contributed by atoms with van der Waals surface area (Å²) in [7, 11) is 3.83. The number of aryl methyl sites for hydroxylation is 1. The van der Waals surface area contributed by atoms with Crippen molar-refractivity contribution in [2.45, 2.75) is 20.0 Å². The normalized spacial score (nSPS) is 13.4. The summed E-state index contributed by atoms with van der Waals surface area (Å²) >= 11 is 6.13. The fourth-order valence-electron chi connectivity index (χ4n) is 3.29. The molecular weight excluding hydrogens is 397 g/mol. The highest BCUT2D eigenvalue weighted by Crippen LogP contribution is 2.30. The molecule has 29 heavy (non-hydrogen) atoms. The van der Waals surface area contributed by atoms with Gasteiger partial charge >= 0.3 is 0 Å². The first-order chi connectivity index (χ1) is 13.8. The van der Waals surface area contributed by atoms with Crippen LogP contribution in [-0.4, -0.2) is 57.6 Å². The van der Waals surface area contributed by atoms with Crippen molar-refractivity contribution in [2.75, 3.05) is 27.2 Å². The van der Waals surface area contributed by atoms with Gasteiger partial charge in [0.2, 0.25) is 0 Å². The van der Waals surface area contributed by atoms with Crippen LogP contribution in [0.15, 0.2) is 24.4 Å². The van der Waals surface area contributed by atoms with Crippen LogP contribution in [0.4, 0.5) is 4.39 Å². The maximum absolute atomic E-state index is 13.7. The molecule has 0 radical (unpaired) electrons. The van der Waals surface area contributed by atoms with Crippen LogP contribution in [0.1, 0.15) is 27.3 Å². The number of hydrogen-bond acceptors (Lipinski definition) is 5. The van der Waals surface area contributed by atoms with Gasteiger partial charge in [0.25, 0.3) is 5.91 Å². The van der Waals surface area contributed by atoms with Crippen molar-refractivity contribution in [2.24, 2.45) is 0 Å². The first kappa shape index (κ1) is 19.6. The Balaban J connectivity index is 1.58. The van der Waals surface area contributed by atoms with Gasteiger partial charge in [-0.15, -0.1) is 0 Å². The number of aromatic nitrogens is 3. The molecule has 9 heteroatoms. The highest BCUT2D eigenvalue weighted by Gasteiger charge is 2.31. The summed E-state index contributed by atoms with van der Waals surface area (Å²) < 4.78 is 21.1. The second-order valence-corrected chi connectivity index (χ2v) is 7.73. The van der Waals surface area contributed by atoms with Crippen molar-refractivity contribution in [3.05, 3.63) is 57.8 Å². The van der Waals surface area contributed by atoms with E-state index < -0.39 is 5.82 Å². The van der Waals surface area contributed by atoms with Crippen molar-refractivity contribution in [1.82, 2.24) is 24.4 Å². The largest absolute Gasteiger partial charge is 0.491 e. The van der Waals surface area contributed by atoms with Gasteiger partial charge in [-0.05, 0) is 33.2 Å². The number of carbonyl (C=O) groups excluding carboxylic acids is 1. The van der Waals surface area contributed by atoms with E-state index in [0.717, 1.165) is 11.3 Å². The number of hydrogen-bond donors (Lipinski definition) is 0. The van der Waals surface area contributed by atoms with E-state index in [-0.39, 0.29) is 11.7 Å². The molecule has 152 valence electrons. The smallest absolute Gasteiger partial charge is 0.258 e. The molecule has 0 atom stereocenters. The van der Waals surface area contributed by atoms with Crippen LogP contribution in [-0.2, 0) is 13.1 Å². The topological polar surface area (TPSA) is 63.0 Å². The van der Waals surface area contributed by atoms with E-state index in [1.165, 1.54) is 18.2 Å². The number of ether oxygens (including phenoxy) is 1. The van der Waals surface area contributed by atoms with Gasteiger partial charge in [-0.2, -0.15) is 5.10 Å². The second kappa shape index (κ2) is 7.61. The molecular formula is C20H21ClFN5O2. The van der Waals surface area contributed by atoms with Crippen LogP contribution in [0.5, 0.6) is 5.75 Å². The SMILES string of the molecule is Cc1nc2c3c(nn2cc1Cl)CN(C(=O)c1ccc(F)cc1OCCN(C)C)C3. The van der Waals surface area contributed by atoms with E-state index in [4.69, 9.17) is 16.3 Å². The maximum atomic E-state index is 13.7. The van der Waals surface area contributed by atoms with Crippen LogP contribution in [0, 0.1) is 12.7 Å². The van der Waals surface area contributed by atoms with E-state index in [9.17, 15) is 9.18 Å². The lowest BCUT2D eigenvalue weighted by Crippen LogP contribution is -2.27. The molecule has 0 aliphatic carbocycles. The van der Waals surface area contributed by atoms with E-state index in [1.54, 1.807) is 15.6 Å². The molecule has 3 aromatic rings. The van der Waals surface area contributed by atoms with Crippen molar-refractivity contribution >= 4 is 23.2 Å². The van der Waals surface area contributed by atoms with Crippen LogP contribution < -0.4 is 4.74 Å². The standard InChI is InChI=1S/C20H21ClFN5O2/c1-12-16(21)10-27-19(23-12)15-9-26(11-17(15)24-27)20(28)14-5-4-13(22)8-18(14)29-7-6-25(2)3/h4-5,8,10H,6-7,9,11H2,1-3H3. The highest BCUT2D eigenvalue weighted by atomic mass is 35.5. The van der Waals surface area contributed by atoms with Gasteiger partial charge in [0.05, 0.1) is 41.3 Å². The molecule has 0 saturated heterocycles. The van der Waals surface area contributed by atoms with Crippen molar-refractivity contribution in [1.29, 1.82) is 0 Å². The molecule has 0 spiro atoms. The minimum absolute atomic E-state index is 0.230. The molecule has 0 bridgehead atoms. The van der Waals surface area contributed by atoms with Gasteiger partial charge in [-0.3, -0.25) is 4.79 Å². The molecule has 1 amide bonds. The molecule has 4 rings (SSSR count). The lowest BCUT2D eigenvalue weighted by Gasteiger charge is -2.19. The van der Waals surface area contributed by atoms with Gasteiger partial charge in [-0.25, -0.2) is 13.9 Å². The first-order valence-electron chi connectivity index (χ1n) is 9.23. The highest BCUT2D eigenvalue weighted by molar-refractivity contribution is 6.31. The summed E-state index contributed by atoms with van der Waals surface area (Å²) in [6.07, 6.45) is 1.72. The average Bonchev–Trinajstić information content (AvgIpc) is 3.20. The number of fused-ring (bicyclic) bond motifs is 3. The number of benzene rings is 1. The average molecular weight is 418 g/mol. The van der Waals surface area contributed by atoms with Crippen molar-refractivity contribution in [3.8, 4) is 5.75 Å². The Labute approximate surface area is 172 Å². The van der Waals surface area contributed by atoms with Crippen LogP contribution >= 0.6 is 11.6 Å². The minimum atomic E-state index is -0.444. The van der Waals surface area contributed by atoms with E-state index in [1.807, 2.05) is 25.9 Å². The fraction of sp³-hybridized carbons (Fsp3) is 0.350. The predicted molar refractivity (Wildman–Crippen MR) is 107 cm³/mol. The molecule has 1 aliphatic rings. The Morgan fingerprint density at radius 2 is 2.14 bits per heavy atom. The second-order valence-electron chi connectivity index (χ2n) is 7.32.